The van der Waals surface area contributed by atoms with Gasteiger partial charge in [-0.3, -0.25) is 0 Å². The lowest BCUT2D eigenvalue weighted by atomic mass is 10.2. The first-order valence-electron chi connectivity index (χ1n) is 7.51. The minimum Gasteiger partial charge on any atom is -0.465 e. The number of sulfonamides is 1. The van der Waals surface area contributed by atoms with Crippen LogP contribution in [0.4, 0.5) is 0 Å². The van der Waals surface area contributed by atoms with Crippen molar-refractivity contribution in [2.24, 2.45) is 5.41 Å². The molecule has 0 spiro atoms. The topological polar surface area (TPSA) is 71.3 Å². The first-order valence-corrected chi connectivity index (χ1v) is 8.99. The maximum Gasteiger partial charge on any atom is 0.244 e. The molecular weight excluding hydrogens is 288 g/mol. The van der Waals surface area contributed by atoms with Gasteiger partial charge in [0.1, 0.15) is 16.4 Å². The number of furan rings is 1. The lowest BCUT2D eigenvalue weighted by Crippen LogP contribution is -2.30. The van der Waals surface area contributed by atoms with Crippen LogP contribution in [0.1, 0.15) is 50.7 Å². The Kier molecular flexibility index (Phi) is 4.52. The number of nitrogens with one attached hydrogen (secondary N) is 2. The SMILES string of the molecule is CCCNCc1c(C)oc(C)c1S(=O)(=O)NC1CC1(C)C. The predicted octanol–water partition coefficient (Wildman–Crippen LogP) is 2.47. The summed E-state index contributed by atoms with van der Waals surface area (Å²) in [6, 6.07) is 0.0218. The van der Waals surface area contributed by atoms with E-state index in [1.165, 1.54) is 0 Å². The second-order valence-electron chi connectivity index (χ2n) is 6.57. The van der Waals surface area contributed by atoms with E-state index in [0.29, 0.717) is 23.0 Å². The molecule has 1 atom stereocenters. The Hall–Kier alpha value is -0.850. The van der Waals surface area contributed by atoms with Gasteiger partial charge in [-0.1, -0.05) is 20.8 Å². The molecule has 2 rings (SSSR count). The Balaban J connectivity index is 2.25. The van der Waals surface area contributed by atoms with Crippen LogP contribution in [0, 0.1) is 19.3 Å². The van der Waals surface area contributed by atoms with E-state index in [-0.39, 0.29) is 11.5 Å². The Morgan fingerprint density at radius 2 is 1.90 bits per heavy atom. The van der Waals surface area contributed by atoms with E-state index < -0.39 is 10.0 Å². The zero-order valence-electron chi connectivity index (χ0n) is 13.5. The van der Waals surface area contributed by atoms with Crippen molar-refractivity contribution in [2.45, 2.75) is 64.9 Å². The van der Waals surface area contributed by atoms with Crippen molar-refractivity contribution in [3.63, 3.8) is 0 Å². The van der Waals surface area contributed by atoms with Gasteiger partial charge in [-0.25, -0.2) is 13.1 Å². The van der Waals surface area contributed by atoms with E-state index in [9.17, 15) is 8.42 Å². The molecule has 6 heteroatoms. The molecule has 5 nitrogen and oxygen atoms in total. The van der Waals surface area contributed by atoms with E-state index in [2.05, 4.69) is 30.8 Å². The van der Waals surface area contributed by atoms with E-state index in [1.807, 2.05) is 6.92 Å². The molecule has 1 unspecified atom stereocenters. The summed E-state index contributed by atoms with van der Waals surface area (Å²) in [7, 11) is -3.53. The van der Waals surface area contributed by atoms with Crippen LogP contribution < -0.4 is 10.0 Å². The minimum absolute atomic E-state index is 0.0218. The van der Waals surface area contributed by atoms with E-state index in [4.69, 9.17) is 4.42 Å². The summed E-state index contributed by atoms with van der Waals surface area (Å²) < 4.78 is 33.7. The van der Waals surface area contributed by atoms with Crippen LogP contribution in [0.3, 0.4) is 0 Å². The van der Waals surface area contributed by atoms with Gasteiger partial charge in [-0.05, 0) is 38.6 Å². The molecular formula is C15H26N2O3S. The molecule has 0 aromatic carbocycles. The van der Waals surface area contributed by atoms with Crippen molar-refractivity contribution in [2.75, 3.05) is 6.54 Å². The van der Waals surface area contributed by atoms with Crippen LogP contribution in [-0.2, 0) is 16.6 Å². The Morgan fingerprint density at radius 1 is 1.29 bits per heavy atom. The summed E-state index contributed by atoms with van der Waals surface area (Å²) in [5.41, 5.74) is 0.798. The first kappa shape index (κ1) is 16.5. The molecule has 1 aromatic rings. The third-order valence-electron chi connectivity index (χ3n) is 4.13. The van der Waals surface area contributed by atoms with Crippen LogP contribution >= 0.6 is 0 Å². The van der Waals surface area contributed by atoms with Crippen LogP contribution in [0.15, 0.2) is 9.31 Å². The van der Waals surface area contributed by atoms with Gasteiger partial charge in [0.25, 0.3) is 0 Å². The average molecular weight is 314 g/mol. The molecule has 1 fully saturated rings. The summed E-state index contributed by atoms with van der Waals surface area (Å²) in [6.07, 6.45) is 1.89. The van der Waals surface area contributed by atoms with Gasteiger partial charge in [-0.2, -0.15) is 0 Å². The standard InChI is InChI=1S/C15H26N2O3S/c1-6-7-16-9-12-10(2)20-11(3)14(12)21(18,19)17-13-8-15(13,4)5/h13,16-17H,6-9H2,1-5H3. The fourth-order valence-electron chi connectivity index (χ4n) is 2.57. The highest BCUT2D eigenvalue weighted by Crippen LogP contribution is 2.45. The van der Waals surface area contributed by atoms with Crippen molar-refractivity contribution >= 4 is 10.0 Å². The molecule has 0 bridgehead atoms. The molecule has 1 saturated carbocycles. The smallest absolute Gasteiger partial charge is 0.244 e. The molecule has 2 N–H and O–H groups in total. The normalized spacial score (nSPS) is 20.7. The Labute approximate surface area is 127 Å². The minimum atomic E-state index is -3.53. The predicted molar refractivity (Wildman–Crippen MR) is 82.7 cm³/mol. The quantitative estimate of drug-likeness (QED) is 0.759. The van der Waals surface area contributed by atoms with Gasteiger partial charge < -0.3 is 9.73 Å². The van der Waals surface area contributed by atoms with Gasteiger partial charge in [0.2, 0.25) is 10.0 Å². The average Bonchev–Trinajstić information content (AvgIpc) is 2.80. The summed E-state index contributed by atoms with van der Waals surface area (Å²) in [5, 5.41) is 3.25. The van der Waals surface area contributed by atoms with Crippen molar-refractivity contribution < 1.29 is 12.8 Å². The maximum absolute atomic E-state index is 12.7. The number of hydrogen-bond donors (Lipinski definition) is 2. The molecule has 1 aliphatic rings. The van der Waals surface area contributed by atoms with Gasteiger partial charge in [-0.15, -0.1) is 0 Å². The van der Waals surface area contributed by atoms with Crippen LogP contribution in [0.5, 0.6) is 0 Å². The number of rotatable bonds is 7. The molecule has 120 valence electrons. The zero-order chi connectivity index (χ0) is 15.8. The molecule has 0 aliphatic heterocycles. The van der Waals surface area contributed by atoms with Gasteiger partial charge in [0.05, 0.1) is 0 Å². The molecule has 1 aliphatic carbocycles. The van der Waals surface area contributed by atoms with Crippen molar-refractivity contribution in [3.05, 3.63) is 17.1 Å². The van der Waals surface area contributed by atoms with Crippen LogP contribution in [0.25, 0.3) is 0 Å². The maximum atomic E-state index is 12.7. The highest BCUT2D eigenvalue weighted by molar-refractivity contribution is 7.89. The summed E-state index contributed by atoms with van der Waals surface area (Å²) >= 11 is 0. The second kappa shape index (κ2) is 5.74. The largest absolute Gasteiger partial charge is 0.465 e. The third kappa shape index (κ3) is 3.49. The highest BCUT2D eigenvalue weighted by atomic mass is 32.2. The third-order valence-corrected chi connectivity index (χ3v) is 5.80. The zero-order valence-corrected chi connectivity index (χ0v) is 14.4. The first-order chi connectivity index (χ1) is 9.69. The number of aryl methyl sites for hydroxylation is 2. The monoisotopic (exact) mass is 314 g/mol. The Bertz CT molecular complexity index is 617. The molecule has 1 aromatic heterocycles. The van der Waals surface area contributed by atoms with Crippen LogP contribution in [-0.4, -0.2) is 21.0 Å². The van der Waals surface area contributed by atoms with Gasteiger partial charge in [0, 0.05) is 18.2 Å². The van der Waals surface area contributed by atoms with E-state index >= 15 is 0 Å². The fourth-order valence-corrected chi connectivity index (χ4v) is 4.43. The number of hydrogen-bond acceptors (Lipinski definition) is 4. The summed E-state index contributed by atoms with van der Waals surface area (Å²) in [6.45, 7) is 11.1. The van der Waals surface area contributed by atoms with Crippen molar-refractivity contribution in [3.8, 4) is 0 Å². The van der Waals surface area contributed by atoms with Gasteiger partial charge >= 0.3 is 0 Å². The summed E-state index contributed by atoms with van der Waals surface area (Å²) in [5.74, 6) is 1.14. The highest BCUT2D eigenvalue weighted by Gasteiger charge is 2.48. The van der Waals surface area contributed by atoms with E-state index in [0.717, 1.165) is 24.9 Å². The van der Waals surface area contributed by atoms with Crippen molar-refractivity contribution in [1.82, 2.24) is 10.0 Å². The lowest BCUT2D eigenvalue weighted by Gasteiger charge is -2.10. The Morgan fingerprint density at radius 3 is 2.43 bits per heavy atom. The molecule has 0 amide bonds. The fraction of sp³-hybridized carbons (Fsp3) is 0.733. The second-order valence-corrected chi connectivity index (χ2v) is 8.22. The van der Waals surface area contributed by atoms with E-state index in [1.54, 1.807) is 6.92 Å². The van der Waals surface area contributed by atoms with Crippen molar-refractivity contribution in [1.29, 1.82) is 0 Å². The van der Waals surface area contributed by atoms with Gasteiger partial charge in [0.15, 0.2) is 0 Å². The molecule has 1 heterocycles. The van der Waals surface area contributed by atoms with Crippen LogP contribution in [0.2, 0.25) is 0 Å². The molecule has 0 saturated heterocycles. The molecule has 21 heavy (non-hydrogen) atoms. The summed E-state index contributed by atoms with van der Waals surface area (Å²) in [4.78, 5) is 0.311. The molecule has 0 radical (unpaired) electrons. The lowest BCUT2D eigenvalue weighted by molar-refractivity contribution is 0.492.